The third kappa shape index (κ3) is 4.00. The van der Waals surface area contributed by atoms with Crippen molar-refractivity contribution in [1.82, 2.24) is 24.5 Å². The molecular weight excluding hydrogens is 344 g/mol. The van der Waals surface area contributed by atoms with E-state index in [-0.39, 0.29) is 12.1 Å². The second-order valence-corrected chi connectivity index (χ2v) is 7.62. The van der Waals surface area contributed by atoms with Gasteiger partial charge in [-0.25, -0.2) is 4.79 Å². The molecule has 4 rings (SSSR count). The first-order chi connectivity index (χ1) is 13.1. The lowest BCUT2D eigenvalue weighted by Gasteiger charge is -2.32. The first kappa shape index (κ1) is 18.0. The molecule has 2 aromatic rings. The number of nitrogens with zero attached hydrogens (tertiary/aromatic N) is 5. The van der Waals surface area contributed by atoms with Crippen LogP contribution in [0.25, 0.3) is 0 Å². The summed E-state index contributed by atoms with van der Waals surface area (Å²) in [4.78, 5) is 14.7. The minimum absolute atomic E-state index is 0.0859. The van der Waals surface area contributed by atoms with E-state index in [2.05, 4.69) is 15.5 Å². The zero-order valence-corrected chi connectivity index (χ0v) is 16.1. The number of morpholine rings is 1. The van der Waals surface area contributed by atoms with Crippen LogP contribution in [-0.2, 0) is 18.8 Å². The molecule has 2 aromatic heterocycles. The molecule has 27 heavy (non-hydrogen) atoms. The summed E-state index contributed by atoms with van der Waals surface area (Å²) < 4.78 is 9.40. The van der Waals surface area contributed by atoms with Crippen molar-refractivity contribution in [2.75, 3.05) is 25.0 Å². The maximum atomic E-state index is 12.9. The Labute approximate surface area is 159 Å². The Kier molecular flexibility index (Phi) is 5.15. The normalized spacial score (nSPS) is 21.4. The van der Waals surface area contributed by atoms with Gasteiger partial charge in [0, 0.05) is 44.5 Å². The Morgan fingerprint density at radius 1 is 1.19 bits per heavy atom. The van der Waals surface area contributed by atoms with Crippen molar-refractivity contribution in [1.29, 1.82) is 0 Å². The summed E-state index contributed by atoms with van der Waals surface area (Å²) in [6, 6.07) is -0.0859. The van der Waals surface area contributed by atoms with Crippen molar-refractivity contribution in [3.63, 3.8) is 0 Å². The molecule has 1 unspecified atom stereocenters. The molecule has 1 saturated heterocycles. The molecule has 8 nitrogen and oxygen atoms in total. The highest BCUT2D eigenvalue weighted by atomic mass is 16.5. The molecule has 2 amide bonds. The molecule has 1 saturated carbocycles. The van der Waals surface area contributed by atoms with Crippen molar-refractivity contribution in [3.8, 4) is 0 Å². The summed E-state index contributed by atoms with van der Waals surface area (Å²) in [6.45, 7) is 1.63. The third-order valence-electron chi connectivity index (χ3n) is 5.54. The molecule has 0 aromatic carbocycles. The number of amides is 2. The summed E-state index contributed by atoms with van der Waals surface area (Å²) in [6.07, 6.45) is 11.6. The maximum absolute atomic E-state index is 12.9. The number of hydrogen-bond acceptors (Lipinski definition) is 4. The van der Waals surface area contributed by atoms with Gasteiger partial charge in [0.2, 0.25) is 0 Å². The Morgan fingerprint density at radius 2 is 2.00 bits per heavy atom. The predicted molar refractivity (Wildman–Crippen MR) is 102 cm³/mol. The van der Waals surface area contributed by atoms with Crippen LogP contribution >= 0.6 is 0 Å². The van der Waals surface area contributed by atoms with E-state index >= 15 is 0 Å². The Balaban J connectivity index is 1.44. The zero-order chi connectivity index (χ0) is 18.8. The van der Waals surface area contributed by atoms with Gasteiger partial charge in [0.25, 0.3) is 0 Å². The van der Waals surface area contributed by atoms with Gasteiger partial charge in [-0.05, 0) is 12.8 Å². The van der Waals surface area contributed by atoms with Crippen molar-refractivity contribution in [3.05, 3.63) is 29.8 Å². The molecule has 2 fully saturated rings. The molecule has 1 atom stereocenters. The van der Waals surface area contributed by atoms with Crippen LogP contribution in [-0.4, -0.2) is 50.2 Å². The van der Waals surface area contributed by atoms with Gasteiger partial charge in [-0.1, -0.05) is 19.3 Å². The summed E-state index contributed by atoms with van der Waals surface area (Å²) >= 11 is 0. The van der Waals surface area contributed by atoms with Crippen LogP contribution in [0.5, 0.6) is 0 Å². The van der Waals surface area contributed by atoms with Crippen LogP contribution in [0.15, 0.2) is 18.6 Å². The van der Waals surface area contributed by atoms with Gasteiger partial charge in [-0.15, -0.1) is 0 Å². The van der Waals surface area contributed by atoms with E-state index in [9.17, 15) is 4.79 Å². The number of urea groups is 1. The van der Waals surface area contributed by atoms with Crippen molar-refractivity contribution in [2.45, 2.75) is 44.1 Å². The molecule has 2 aliphatic rings. The van der Waals surface area contributed by atoms with Gasteiger partial charge < -0.3 is 15.0 Å². The molecule has 1 aliphatic carbocycles. The second kappa shape index (κ2) is 7.72. The van der Waals surface area contributed by atoms with Crippen LogP contribution in [0.2, 0.25) is 0 Å². The number of anilines is 1. The SMILES string of the molecule is Cn1cc(C2CN(C(=O)Nc3cn(C)nc3C3CCCCC3)CCO2)cn1. The number of nitrogens with one attached hydrogen (secondary N) is 1. The topological polar surface area (TPSA) is 77.2 Å². The summed E-state index contributed by atoms with van der Waals surface area (Å²) in [5, 5.41) is 12.0. The van der Waals surface area contributed by atoms with E-state index in [0.717, 1.165) is 29.8 Å². The van der Waals surface area contributed by atoms with E-state index in [1.54, 1.807) is 15.6 Å². The van der Waals surface area contributed by atoms with Crippen molar-refractivity contribution in [2.24, 2.45) is 14.1 Å². The molecule has 3 heterocycles. The van der Waals surface area contributed by atoms with E-state index in [0.29, 0.717) is 25.6 Å². The van der Waals surface area contributed by atoms with E-state index < -0.39 is 0 Å². The smallest absolute Gasteiger partial charge is 0.322 e. The fourth-order valence-corrected chi connectivity index (χ4v) is 4.12. The van der Waals surface area contributed by atoms with Crippen molar-refractivity contribution >= 4 is 11.7 Å². The number of aromatic nitrogens is 4. The number of aryl methyl sites for hydroxylation is 2. The number of carbonyl (C=O) groups excluding carboxylic acids is 1. The standard InChI is InChI=1S/C19H28N6O2/c1-23-11-15(10-20-23)17-13-25(8-9-27-17)19(26)21-16-12-24(2)22-18(16)14-6-4-3-5-7-14/h10-12,14,17H,3-9,13H2,1-2H3,(H,21,26). The van der Waals surface area contributed by atoms with E-state index in [1.807, 2.05) is 31.4 Å². The van der Waals surface area contributed by atoms with E-state index in [4.69, 9.17) is 4.74 Å². The highest BCUT2D eigenvalue weighted by Gasteiger charge is 2.28. The van der Waals surface area contributed by atoms with Crippen LogP contribution in [0.3, 0.4) is 0 Å². The number of ether oxygens (including phenoxy) is 1. The fourth-order valence-electron chi connectivity index (χ4n) is 4.12. The largest absolute Gasteiger partial charge is 0.370 e. The molecule has 0 spiro atoms. The summed E-state index contributed by atoms with van der Waals surface area (Å²) in [7, 11) is 3.79. The monoisotopic (exact) mass is 372 g/mol. The van der Waals surface area contributed by atoms with Crippen LogP contribution in [0.1, 0.15) is 55.4 Å². The second-order valence-electron chi connectivity index (χ2n) is 7.62. The van der Waals surface area contributed by atoms with Crippen molar-refractivity contribution < 1.29 is 9.53 Å². The van der Waals surface area contributed by atoms with Crippen LogP contribution in [0.4, 0.5) is 10.5 Å². The van der Waals surface area contributed by atoms with Gasteiger partial charge in [0.1, 0.15) is 6.10 Å². The highest BCUT2D eigenvalue weighted by molar-refractivity contribution is 5.90. The molecule has 146 valence electrons. The Bertz CT molecular complexity index is 792. The number of rotatable bonds is 3. The average molecular weight is 372 g/mol. The van der Waals surface area contributed by atoms with Gasteiger partial charge in [-0.3, -0.25) is 9.36 Å². The Morgan fingerprint density at radius 3 is 2.74 bits per heavy atom. The summed E-state index contributed by atoms with van der Waals surface area (Å²) in [5.74, 6) is 0.447. The van der Waals surface area contributed by atoms with E-state index in [1.165, 1.54) is 19.3 Å². The lowest BCUT2D eigenvalue weighted by atomic mass is 9.86. The molecule has 1 N–H and O–H groups in total. The number of hydrogen-bond donors (Lipinski definition) is 1. The summed E-state index contributed by atoms with van der Waals surface area (Å²) in [5.41, 5.74) is 2.88. The lowest BCUT2D eigenvalue weighted by Crippen LogP contribution is -2.44. The van der Waals surface area contributed by atoms with Crippen LogP contribution in [0, 0.1) is 0 Å². The molecule has 0 bridgehead atoms. The molecule has 8 heteroatoms. The van der Waals surface area contributed by atoms with Gasteiger partial charge in [0.15, 0.2) is 0 Å². The highest BCUT2D eigenvalue weighted by Crippen LogP contribution is 2.35. The predicted octanol–water partition coefficient (Wildman–Crippen LogP) is 2.81. The van der Waals surface area contributed by atoms with Gasteiger partial charge >= 0.3 is 6.03 Å². The van der Waals surface area contributed by atoms with Crippen LogP contribution < -0.4 is 5.32 Å². The maximum Gasteiger partial charge on any atom is 0.322 e. The number of carbonyl (C=O) groups is 1. The zero-order valence-electron chi connectivity index (χ0n) is 16.1. The van der Waals surface area contributed by atoms with Gasteiger partial charge in [-0.2, -0.15) is 10.2 Å². The quantitative estimate of drug-likeness (QED) is 0.899. The lowest BCUT2D eigenvalue weighted by molar-refractivity contribution is -0.0135. The Hall–Kier alpha value is -2.35. The minimum Gasteiger partial charge on any atom is -0.370 e. The average Bonchev–Trinajstić information content (AvgIpc) is 3.28. The first-order valence-corrected chi connectivity index (χ1v) is 9.80. The third-order valence-corrected chi connectivity index (χ3v) is 5.54. The fraction of sp³-hybridized carbons (Fsp3) is 0.632. The molecule has 1 aliphatic heterocycles. The first-order valence-electron chi connectivity index (χ1n) is 9.80. The van der Waals surface area contributed by atoms with Gasteiger partial charge in [0.05, 0.1) is 30.7 Å². The molecular formula is C19H28N6O2. The minimum atomic E-state index is -0.134. The molecule has 0 radical (unpaired) electrons.